The van der Waals surface area contributed by atoms with Gasteiger partial charge in [0.05, 0.1) is 6.61 Å². The van der Waals surface area contributed by atoms with Gasteiger partial charge in [0, 0.05) is 24.3 Å². The lowest BCUT2D eigenvalue weighted by molar-refractivity contribution is -0.120. The van der Waals surface area contributed by atoms with Crippen molar-refractivity contribution in [3.63, 3.8) is 0 Å². The van der Waals surface area contributed by atoms with E-state index in [0.29, 0.717) is 25.3 Å². The highest BCUT2D eigenvalue weighted by molar-refractivity contribution is 6.01. The molecule has 130 valence electrons. The molecule has 0 unspecified atom stereocenters. The van der Waals surface area contributed by atoms with Crippen LogP contribution in [0.4, 0.5) is 5.69 Å². The third-order valence-electron chi connectivity index (χ3n) is 4.27. The molecule has 0 atom stereocenters. The van der Waals surface area contributed by atoms with E-state index >= 15 is 0 Å². The highest BCUT2D eigenvalue weighted by Gasteiger charge is 2.28. The molecule has 2 aromatic carbocycles. The van der Waals surface area contributed by atoms with Crippen LogP contribution >= 0.6 is 0 Å². The molecule has 1 heterocycles. The van der Waals surface area contributed by atoms with Crippen molar-refractivity contribution in [3.05, 3.63) is 59.7 Å². The number of ether oxygens (including phenoxy) is 1. The standard InChI is InChI=1S/C20H22N2O3/c1-3-25-18-10-6-16(7-11-18)20(24)21-12-13-22(19(23)14-21)17-8-4-15(2)5-9-17/h4-11H,3,12-14H2,1-2H3. The summed E-state index contributed by atoms with van der Waals surface area (Å²) in [5.74, 6) is 0.550. The molecule has 5 nitrogen and oxygen atoms in total. The van der Waals surface area contributed by atoms with E-state index in [0.717, 1.165) is 17.0 Å². The lowest BCUT2D eigenvalue weighted by Crippen LogP contribution is -2.52. The maximum absolute atomic E-state index is 12.6. The second-order valence-corrected chi connectivity index (χ2v) is 6.07. The zero-order valence-corrected chi connectivity index (χ0v) is 14.6. The molecule has 1 saturated heterocycles. The van der Waals surface area contributed by atoms with Crippen molar-refractivity contribution in [1.29, 1.82) is 0 Å². The van der Waals surface area contributed by atoms with Gasteiger partial charge in [-0.1, -0.05) is 17.7 Å². The van der Waals surface area contributed by atoms with Crippen LogP contribution in [0, 0.1) is 6.92 Å². The van der Waals surface area contributed by atoms with Gasteiger partial charge in [-0.2, -0.15) is 0 Å². The van der Waals surface area contributed by atoms with Gasteiger partial charge in [0.15, 0.2) is 0 Å². The van der Waals surface area contributed by atoms with E-state index < -0.39 is 0 Å². The highest BCUT2D eigenvalue weighted by Crippen LogP contribution is 2.20. The summed E-state index contributed by atoms with van der Waals surface area (Å²) >= 11 is 0. The summed E-state index contributed by atoms with van der Waals surface area (Å²) in [6, 6.07) is 14.9. The summed E-state index contributed by atoms with van der Waals surface area (Å²) in [5.41, 5.74) is 2.60. The molecule has 0 bridgehead atoms. The van der Waals surface area contributed by atoms with Crippen molar-refractivity contribution in [2.75, 3.05) is 31.1 Å². The molecular weight excluding hydrogens is 316 g/mol. The van der Waals surface area contributed by atoms with Crippen LogP contribution in [-0.4, -0.2) is 43.0 Å². The van der Waals surface area contributed by atoms with Crippen LogP contribution < -0.4 is 9.64 Å². The topological polar surface area (TPSA) is 49.9 Å². The van der Waals surface area contributed by atoms with E-state index in [1.807, 2.05) is 38.1 Å². The Bertz CT molecular complexity index is 754. The van der Waals surface area contributed by atoms with Crippen molar-refractivity contribution in [1.82, 2.24) is 4.90 Å². The summed E-state index contributed by atoms with van der Waals surface area (Å²) in [4.78, 5) is 28.4. The smallest absolute Gasteiger partial charge is 0.254 e. The van der Waals surface area contributed by atoms with Gasteiger partial charge >= 0.3 is 0 Å². The fourth-order valence-electron chi connectivity index (χ4n) is 2.89. The summed E-state index contributed by atoms with van der Waals surface area (Å²) in [7, 11) is 0. The normalized spacial score (nSPS) is 14.6. The van der Waals surface area contributed by atoms with Gasteiger partial charge in [0.2, 0.25) is 5.91 Å². The number of carbonyl (C=O) groups excluding carboxylic acids is 2. The Hall–Kier alpha value is -2.82. The summed E-state index contributed by atoms with van der Waals surface area (Å²) in [6.45, 7) is 5.64. The Balaban J connectivity index is 1.66. The Labute approximate surface area is 147 Å². The molecule has 25 heavy (non-hydrogen) atoms. The summed E-state index contributed by atoms with van der Waals surface area (Å²) in [6.07, 6.45) is 0. The first-order valence-electron chi connectivity index (χ1n) is 8.47. The van der Waals surface area contributed by atoms with Crippen LogP contribution in [0.2, 0.25) is 0 Å². The SMILES string of the molecule is CCOc1ccc(C(=O)N2CCN(c3ccc(C)cc3)C(=O)C2)cc1. The Morgan fingerprint density at radius 1 is 1.04 bits per heavy atom. The zero-order valence-electron chi connectivity index (χ0n) is 14.6. The number of hydrogen-bond donors (Lipinski definition) is 0. The van der Waals surface area contributed by atoms with Gasteiger partial charge in [-0.25, -0.2) is 0 Å². The lowest BCUT2D eigenvalue weighted by atomic mass is 10.1. The lowest BCUT2D eigenvalue weighted by Gasteiger charge is -2.34. The van der Waals surface area contributed by atoms with E-state index in [-0.39, 0.29) is 18.4 Å². The number of benzene rings is 2. The van der Waals surface area contributed by atoms with Crippen LogP contribution in [0.3, 0.4) is 0 Å². The van der Waals surface area contributed by atoms with Gasteiger partial charge < -0.3 is 14.5 Å². The van der Waals surface area contributed by atoms with E-state index in [4.69, 9.17) is 4.74 Å². The largest absolute Gasteiger partial charge is 0.494 e. The van der Waals surface area contributed by atoms with Crippen molar-refractivity contribution in [2.24, 2.45) is 0 Å². The number of anilines is 1. The minimum atomic E-state index is -0.125. The van der Waals surface area contributed by atoms with Gasteiger partial charge in [0.25, 0.3) is 5.91 Å². The van der Waals surface area contributed by atoms with E-state index in [2.05, 4.69) is 0 Å². The fraction of sp³-hybridized carbons (Fsp3) is 0.300. The second-order valence-electron chi connectivity index (χ2n) is 6.07. The summed E-state index contributed by atoms with van der Waals surface area (Å²) in [5, 5.41) is 0. The molecule has 5 heteroatoms. The van der Waals surface area contributed by atoms with Crippen LogP contribution in [0.1, 0.15) is 22.8 Å². The van der Waals surface area contributed by atoms with Crippen molar-refractivity contribution >= 4 is 17.5 Å². The average molecular weight is 338 g/mol. The number of aryl methyl sites for hydroxylation is 1. The van der Waals surface area contributed by atoms with E-state index in [9.17, 15) is 9.59 Å². The van der Waals surface area contributed by atoms with E-state index in [1.165, 1.54) is 0 Å². The third-order valence-corrected chi connectivity index (χ3v) is 4.27. The average Bonchev–Trinajstić information content (AvgIpc) is 2.63. The second kappa shape index (κ2) is 7.38. The molecule has 0 saturated carbocycles. The molecule has 0 aromatic heterocycles. The molecule has 2 aromatic rings. The van der Waals surface area contributed by atoms with Gasteiger partial charge in [-0.3, -0.25) is 9.59 Å². The first kappa shape index (κ1) is 17.0. The first-order chi connectivity index (χ1) is 12.1. The molecule has 0 aliphatic carbocycles. The summed E-state index contributed by atoms with van der Waals surface area (Å²) < 4.78 is 5.39. The Morgan fingerprint density at radius 2 is 1.72 bits per heavy atom. The number of nitrogens with zero attached hydrogens (tertiary/aromatic N) is 2. The molecule has 1 aliphatic rings. The maximum atomic E-state index is 12.6. The van der Waals surface area contributed by atoms with Gasteiger partial charge in [-0.15, -0.1) is 0 Å². The number of piperazine rings is 1. The highest BCUT2D eigenvalue weighted by atomic mass is 16.5. The molecule has 2 amide bonds. The fourth-order valence-corrected chi connectivity index (χ4v) is 2.89. The Kier molecular flexibility index (Phi) is 5.03. The molecule has 0 spiro atoms. The minimum Gasteiger partial charge on any atom is -0.494 e. The Morgan fingerprint density at radius 3 is 2.32 bits per heavy atom. The van der Waals surface area contributed by atoms with Crippen LogP contribution in [0.25, 0.3) is 0 Å². The van der Waals surface area contributed by atoms with Crippen molar-refractivity contribution in [2.45, 2.75) is 13.8 Å². The van der Waals surface area contributed by atoms with Crippen molar-refractivity contribution < 1.29 is 14.3 Å². The number of carbonyl (C=O) groups is 2. The maximum Gasteiger partial charge on any atom is 0.254 e. The quantitative estimate of drug-likeness (QED) is 0.861. The predicted octanol–water partition coefficient (Wildman–Crippen LogP) is 2.88. The zero-order chi connectivity index (χ0) is 17.8. The van der Waals surface area contributed by atoms with Crippen molar-refractivity contribution in [3.8, 4) is 5.75 Å². The molecule has 1 fully saturated rings. The molecule has 0 radical (unpaired) electrons. The number of rotatable bonds is 4. The first-order valence-corrected chi connectivity index (χ1v) is 8.47. The number of amides is 2. The molecule has 0 N–H and O–H groups in total. The van der Waals surface area contributed by atoms with Crippen LogP contribution in [0.15, 0.2) is 48.5 Å². The molecular formula is C20H22N2O3. The van der Waals surface area contributed by atoms with Crippen LogP contribution in [0.5, 0.6) is 5.75 Å². The molecule has 1 aliphatic heterocycles. The molecule has 3 rings (SSSR count). The van der Waals surface area contributed by atoms with Gasteiger partial charge in [0.1, 0.15) is 12.3 Å². The van der Waals surface area contributed by atoms with Gasteiger partial charge in [-0.05, 0) is 50.2 Å². The monoisotopic (exact) mass is 338 g/mol. The number of hydrogen-bond acceptors (Lipinski definition) is 3. The minimum absolute atomic E-state index is 0.0608. The predicted molar refractivity (Wildman–Crippen MR) is 97.0 cm³/mol. The van der Waals surface area contributed by atoms with E-state index in [1.54, 1.807) is 34.1 Å². The van der Waals surface area contributed by atoms with Crippen LogP contribution in [-0.2, 0) is 4.79 Å². The third kappa shape index (κ3) is 3.82.